The van der Waals surface area contributed by atoms with Crippen molar-refractivity contribution < 1.29 is 8.42 Å². The summed E-state index contributed by atoms with van der Waals surface area (Å²) in [6.07, 6.45) is 4.05. The molecule has 120 valence electrons. The molecule has 0 unspecified atom stereocenters. The maximum atomic E-state index is 11.7. The fourth-order valence-electron chi connectivity index (χ4n) is 2.48. The molecule has 0 aromatic heterocycles. The molecule has 0 aliphatic heterocycles. The fourth-order valence-corrected chi connectivity index (χ4v) is 3.24. The second kappa shape index (κ2) is 6.83. The van der Waals surface area contributed by atoms with E-state index in [1.54, 1.807) is 18.2 Å². The van der Waals surface area contributed by atoms with Crippen molar-refractivity contribution in [2.45, 2.75) is 4.90 Å². The Morgan fingerprint density at radius 3 is 1.83 bits per heavy atom. The highest BCUT2D eigenvalue weighted by molar-refractivity contribution is 7.89. The summed E-state index contributed by atoms with van der Waals surface area (Å²) in [6, 6.07) is 24.5. The lowest BCUT2D eigenvalue weighted by atomic mass is 10.0. The van der Waals surface area contributed by atoms with Gasteiger partial charge in [0.25, 0.3) is 0 Å². The number of hydrogen-bond donors (Lipinski definition) is 1. The molecule has 0 bridgehead atoms. The quantitative estimate of drug-likeness (QED) is 0.727. The average Bonchev–Trinajstić information content (AvgIpc) is 2.61. The topological polar surface area (TPSA) is 60.2 Å². The van der Waals surface area contributed by atoms with Crippen LogP contribution in [0.5, 0.6) is 0 Å². The third-order valence-corrected chi connectivity index (χ3v) is 4.65. The zero-order chi connectivity index (χ0) is 17.0. The van der Waals surface area contributed by atoms with Gasteiger partial charge in [-0.3, -0.25) is 0 Å². The second-order valence-electron chi connectivity index (χ2n) is 5.41. The number of hydrogen-bond acceptors (Lipinski definition) is 2. The molecule has 3 aromatic carbocycles. The van der Waals surface area contributed by atoms with Gasteiger partial charge in [0, 0.05) is 5.56 Å². The number of nitrogens with two attached hydrogens (primary N) is 1. The van der Waals surface area contributed by atoms with Gasteiger partial charge < -0.3 is 0 Å². The van der Waals surface area contributed by atoms with Crippen molar-refractivity contribution in [2.24, 2.45) is 5.14 Å². The van der Waals surface area contributed by atoms with E-state index in [-0.39, 0.29) is 4.90 Å². The van der Waals surface area contributed by atoms with Gasteiger partial charge in [-0.05, 0) is 22.8 Å². The van der Waals surface area contributed by atoms with Crippen molar-refractivity contribution in [3.8, 4) is 11.1 Å². The van der Waals surface area contributed by atoms with Crippen LogP contribution >= 0.6 is 0 Å². The Bertz CT molecular complexity index is 960. The summed E-state index contributed by atoms with van der Waals surface area (Å²) in [4.78, 5) is 0.137. The van der Waals surface area contributed by atoms with E-state index >= 15 is 0 Å². The van der Waals surface area contributed by atoms with Gasteiger partial charge in [-0.1, -0.05) is 84.9 Å². The van der Waals surface area contributed by atoms with E-state index in [1.165, 1.54) is 6.07 Å². The van der Waals surface area contributed by atoms with E-state index in [0.717, 1.165) is 16.7 Å². The monoisotopic (exact) mass is 335 g/mol. The first-order valence-electron chi connectivity index (χ1n) is 7.49. The summed E-state index contributed by atoms with van der Waals surface area (Å²) in [7, 11) is -3.75. The Hall–Kier alpha value is -2.69. The third kappa shape index (κ3) is 3.79. The number of sulfonamides is 1. The van der Waals surface area contributed by atoms with Crippen LogP contribution in [0, 0.1) is 0 Å². The van der Waals surface area contributed by atoms with Crippen LogP contribution in [0.15, 0.2) is 83.8 Å². The van der Waals surface area contributed by atoms with Gasteiger partial charge in [0.05, 0.1) is 4.90 Å². The van der Waals surface area contributed by atoms with Gasteiger partial charge in [-0.25, -0.2) is 13.6 Å². The average molecular weight is 335 g/mol. The van der Waals surface area contributed by atoms with Crippen molar-refractivity contribution in [3.05, 3.63) is 90.0 Å². The molecule has 24 heavy (non-hydrogen) atoms. The zero-order valence-corrected chi connectivity index (χ0v) is 13.8. The Kier molecular flexibility index (Phi) is 4.60. The zero-order valence-electron chi connectivity index (χ0n) is 13.0. The molecule has 0 aliphatic carbocycles. The Balaban J connectivity index is 1.90. The van der Waals surface area contributed by atoms with Crippen LogP contribution < -0.4 is 5.14 Å². The van der Waals surface area contributed by atoms with Crippen LogP contribution in [-0.4, -0.2) is 8.42 Å². The summed E-state index contributed by atoms with van der Waals surface area (Å²) in [5.74, 6) is 0. The van der Waals surface area contributed by atoms with E-state index < -0.39 is 10.0 Å². The molecular weight excluding hydrogens is 318 g/mol. The van der Waals surface area contributed by atoms with Crippen molar-refractivity contribution in [1.29, 1.82) is 0 Å². The van der Waals surface area contributed by atoms with Crippen LogP contribution in [-0.2, 0) is 10.0 Å². The Morgan fingerprint density at radius 2 is 1.21 bits per heavy atom. The van der Waals surface area contributed by atoms with E-state index in [2.05, 4.69) is 0 Å². The van der Waals surface area contributed by atoms with Crippen molar-refractivity contribution in [2.75, 3.05) is 0 Å². The van der Waals surface area contributed by atoms with Gasteiger partial charge >= 0.3 is 0 Å². The van der Waals surface area contributed by atoms with E-state index in [0.29, 0.717) is 5.56 Å². The van der Waals surface area contributed by atoms with E-state index in [9.17, 15) is 8.42 Å². The lowest BCUT2D eigenvalue weighted by Gasteiger charge is -2.08. The first-order chi connectivity index (χ1) is 11.5. The van der Waals surface area contributed by atoms with Crippen molar-refractivity contribution in [1.82, 2.24) is 0 Å². The van der Waals surface area contributed by atoms with Crippen LogP contribution in [0.3, 0.4) is 0 Å². The molecule has 0 amide bonds. The lowest BCUT2D eigenvalue weighted by Crippen LogP contribution is -2.13. The van der Waals surface area contributed by atoms with Gasteiger partial charge in [-0.15, -0.1) is 0 Å². The predicted molar refractivity (Wildman–Crippen MR) is 98.6 cm³/mol. The normalized spacial score (nSPS) is 11.7. The molecule has 0 heterocycles. The standard InChI is InChI=1S/C20H17NO2S/c21-24(22,23)20-9-5-4-8-19(20)18-14-12-17(13-15-18)11-10-16-6-2-1-3-7-16/h1-15H,(H2,21,22,23)/b11-10+. The molecule has 2 N–H and O–H groups in total. The molecule has 0 saturated heterocycles. The summed E-state index contributed by atoms with van der Waals surface area (Å²) < 4.78 is 23.4. The minimum Gasteiger partial charge on any atom is -0.225 e. The SMILES string of the molecule is NS(=O)(=O)c1ccccc1-c1ccc(/C=C/c2ccccc2)cc1. The number of rotatable bonds is 4. The lowest BCUT2D eigenvalue weighted by molar-refractivity contribution is 0.598. The first kappa shape index (κ1) is 16.2. The minimum absolute atomic E-state index is 0.137. The highest BCUT2D eigenvalue weighted by Crippen LogP contribution is 2.27. The Morgan fingerprint density at radius 1 is 0.667 bits per heavy atom. The van der Waals surface area contributed by atoms with Crippen LogP contribution in [0.4, 0.5) is 0 Å². The van der Waals surface area contributed by atoms with Gasteiger partial charge in [0.2, 0.25) is 10.0 Å². The first-order valence-corrected chi connectivity index (χ1v) is 9.04. The highest BCUT2D eigenvalue weighted by Gasteiger charge is 2.14. The van der Waals surface area contributed by atoms with Gasteiger partial charge in [-0.2, -0.15) is 0 Å². The molecule has 0 radical (unpaired) electrons. The molecular formula is C20H17NO2S. The molecule has 0 spiro atoms. The fraction of sp³-hybridized carbons (Fsp3) is 0. The van der Waals surface area contributed by atoms with Crippen molar-refractivity contribution in [3.63, 3.8) is 0 Å². The summed E-state index contributed by atoms with van der Waals surface area (Å²) in [5.41, 5.74) is 3.59. The van der Waals surface area contributed by atoms with E-state index in [1.807, 2.05) is 66.7 Å². The molecule has 3 nitrogen and oxygen atoms in total. The van der Waals surface area contributed by atoms with Crippen molar-refractivity contribution >= 4 is 22.2 Å². The smallest absolute Gasteiger partial charge is 0.225 e. The second-order valence-corrected chi connectivity index (χ2v) is 6.94. The van der Waals surface area contributed by atoms with Gasteiger partial charge in [0.15, 0.2) is 0 Å². The third-order valence-electron chi connectivity index (χ3n) is 3.68. The molecule has 3 rings (SSSR count). The van der Waals surface area contributed by atoms with Crippen LogP contribution in [0.2, 0.25) is 0 Å². The maximum absolute atomic E-state index is 11.7. The van der Waals surface area contributed by atoms with Crippen LogP contribution in [0.1, 0.15) is 11.1 Å². The minimum atomic E-state index is -3.75. The largest absolute Gasteiger partial charge is 0.238 e. The predicted octanol–water partition coefficient (Wildman–Crippen LogP) is 4.17. The number of benzene rings is 3. The summed E-state index contributed by atoms with van der Waals surface area (Å²) in [6.45, 7) is 0. The summed E-state index contributed by atoms with van der Waals surface area (Å²) in [5, 5.41) is 5.30. The highest BCUT2D eigenvalue weighted by atomic mass is 32.2. The molecule has 0 aliphatic rings. The Labute approximate surface area is 142 Å². The molecule has 0 fully saturated rings. The van der Waals surface area contributed by atoms with E-state index in [4.69, 9.17) is 5.14 Å². The molecule has 4 heteroatoms. The molecule has 0 atom stereocenters. The maximum Gasteiger partial charge on any atom is 0.238 e. The van der Waals surface area contributed by atoms with Gasteiger partial charge in [0.1, 0.15) is 0 Å². The molecule has 3 aromatic rings. The van der Waals surface area contributed by atoms with Crippen LogP contribution in [0.25, 0.3) is 23.3 Å². The summed E-state index contributed by atoms with van der Waals surface area (Å²) >= 11 is 0. The number of primary sulfonamides is 1. The molecule has 0 saturated carbocycles.